The summed E-state index contributed by atoms with van der Waals surface area (Å²) in [5, 5.41) is 8.87. The fraction of sp³-hybridized carbons (Fsp3) is 0.688. The summed E-state index contributed by atoms with van der Waals surface area (Å²) < 4.78 is 0. The monoisotopic (exact) mass is 323 g/mol. The molecular formula is C16H29N5S. The molecule has 0 aliphatic carbocycles. The molecule has 0 unspecified atom stereocenters. The van der Waals surface area contributed by atoms with E-state index >= 15 is 0 Å². The summed E-state index contributed by atoms with van der Waals surface area (Å²) in [7, 11) is 2.21. The fourth-order valence-electron chi connectivity index (χ4n) is 2.56. The van der Waals surface area contributed by atoms with E-state index in [-0.39, 0.29) is 0 Å². The lowest BCUT2D eigenvalue weighted by Crippen LogP contribution is -2.42. The topological polar surface area (TPSA) is 42.9 Å². The molecule has 6 heteroatoms. The fourth-order valence-corrected chi connectivity index (χ4v) is 3.19. The number of hydrogen-bond acceptors (Lipinski definition) is 4. The van der Waals surface area contributed by atoms with Gasteiger partial charge in [0, 0.05) is 37.6 Å². The lowest BCUT2D eigenvalue weighted by molar-refractivity contribution is 0.280. The number of aliphatic imine (C=N–C) groups is 1. The molecule has 0 saturated carbocycles. The minimum absolute atomic E-state index is 0.751. The van der Waals surface area contributed by atoms with Crippen molar-refractivity contribution in [3.63, 3.8) is 0 Å². The number of hydrogen-bond donors (Lipinski definition) is 2. The first-order chi connectivity index (χ1) is 10.8. The van der Waals surface area contributed by atoms with Crippen molar-refractivity contribution >= 4 is 17.3 Å². The van der Waals surface area contributed by atoms with Gasteiger partial charge in [-0.05, 0) is 44.9 Å². The Kier molecular flexibility index (Phi) is 7.70. The van der Waals surface area contributed by atoms with E-state index in [1.54, 1.807) is 11.3 Å². The van der Waals surface area contributed by atoms with Crippen molar-refractivity contribution in [1.29, 1.82) is 0 Å². The van der Waals surface area contributed by atoms with Gasteiger partial charge in [0.1, 0.15) is 0 Å². The molecule has 5 nitrogen and oxygen atoms in total. The second kappa shape index (κ2) is 9.82. The average Bonchev–Trinajstić information content (AvgIpc) is 2.95. The Morgan fingerprint density at radius 3 is 2.95 bits per heavy atom. The second-order valence-electron chi connectivity index (χ2n) is 5.70. The van der Waals surface area contributed by atoms with E-state index in [1.807, 2.05) is 0 Å². The SMILES string of the molecule is CCNC(=NCc1cccs1)NCCN1CCCN(C)CC1. The van der Waals surface area contributed by atoms with E-state index in [0.717, 1.165) is 32.1 Å². The summed E-state index contributed by atoms with van der Waals surface area (Å²) >= 11 is 1.76. The van der Waals surface area contributed by atoms with E-state index in [1.165, 1.54) is 37.5 Å². The third-order valence-corrected chi connectivity index (χ3v) is 4.71. The van der Waals surface area contributed by atoms with Crippen LogP contribution in [-0.2, 0) is 6.54 Å². The molecule has 2 N–H and O–H groups in total. The summed E-state index contributed by atoms with van der Waals surface area (Å²) in [6.45, 7) is 10.5. The van der Waals surface area contributed by atoms with Gasteiger partial charge in [0.25, 0.3) is 0 Å². The zero-order valence-corrected chi connectivity index (χ0v) is 14.7. The van der Waals surface area contributed by atoms with Gasteiger partial charge in [0.05, 0.1) is 6.54 Å². The first-order valence-corrected chi connectivity index (χ1v) is 9.11. The molecule has 1 aromatic heterocycles. The molecule has 0 aromatic carbocycles. The molecule has 1 aliphatic rings. The Bertz CT molecular complexity index is 432. The van der Waals surface area contributed by atoms with Gasteiger partial charge in [-0.2, -0.15) is 0 Å². The van der Waals surface area contributed by atoms with Gasteiger partial charge in [0.15, 0.2) is 5.96 Å². The van der Waals surface area contributed by atoms with Crippen LogP contribution < -0.4 is 10.6 Å². The Morgan fingerprint density at radius 2 is 2.18 bits per heavy atom. The van der Waals surface area contributed by atoms with Gasteiger partial charge in [-0.3, -0.25) is 0 Å². The number of nitrogens with zero attached hydrogens (tertiary/aromatic N) is 3. The molecule has 1 saturated heterocycles. The van der Waals surface area contributed by atoms with E-state index in [4.69, 9.17) is 0 Å². The van der Waals surface area contributed by atoms with Crippen LogP contribution in [0, 0.1) is 0 Å². The predicted molar refractivity (Wildman–Crippen MR) is 95.7 cm³/mol. The molecule has 0 spiro atoms. The number of nitrogens with one attached hydrogen (secondary N) is 2. The molecular weight excluding hydrogens is 294 g/mol. The van der Waals surface area contributed by atoms with Crippen molar-refractivity contribution < 1.29 is 0 Å². The third-order valence-electron chi connectivity index (χ3n) is 3.85. The molecule has 2 rings (SSSR count). The predicted octanol–water partition coefficient (Wildman–Crippen LogP) is 1.44. The average molecular weight is 324 g/mol. The highest BCUT2D eigenvalue weighted by molar-refractivity contribution is 7.09. The van der Waals surface area contributed by atoms with Crippen molar-refractivity contribution in [2.45, 2.75) is 19.9 Å². The molecule has 0 radical (unpaired) electrons. The minimum Gasteiger partial charge on any atom is -0.357 e. The number of rotatable bonds is 6. The maximum absolute atomic E-state index is 4.65. The Balaban J connectivity index is 1.72. The number of thiophene rings is 1. The summed E-state index contributed by atoms with van der Waals surface area (Å²) in [6.07, 6.45) is 1.27. The van der Waals surface area contributed by atoms with Crippen LogP contribution in [0.4, 0.5) is 0 Å². The zero-order valence-electron chi connectivity index (χ0n) is 13.8. The van der Waals surface area contributed by atoms with Crippen LogP contribution in [0.25, 0.3) is 0 Å². The highest BCUT2D eigenvalue weighted by Crippen LogP contribution is 2.09. The normalized spacial score (nSPS) is 18.2. The lowest BCUT2D eigenvalue weighted by atomic mass is 10.4. The first-order valence-electron chi connectivity index (χ1n) is 8.23. The van der Waals surface area contributed by atoms with E-state index < -0.39 is 0 Å². The molecule has 0 atom stereocenters. The second-order valence-corrected chi connectivity index (χ2v) is 6.73. The maximum atomic E-state index is 4.65. The molecule has 124 valence electrons. The van der Waals surface area contributed by atoms with Gasteiger partial charge in [0.2, 0.25) is 0 Å². The van der Waals surface area contributed by atoms with E-state index in [9.17, 15) is 0 Å². The maximum Gasteiger partial charge on any atom is 0.191 e. The van der Waals surface area contributed by atoms with Gasteiger partial charge in [-0.15, -0.1) is 11.3 Å². The van der Waals surface area contributed by atoms with Crippen LogP contribution >= 0.6 is 11.3 Å². The Labute approximate surface area is 138 Å². The molecule has 22 heavy (non-hydrogen) atoms. The first kappa shape index (κ1) is 17.2. The standard InChI is InChI=1S/C16H29N5S/c1-3-17-16(19-14-15-6-4-13-22-15)18-7-10-21-9-5-8-20(2)11-12-21/h4,6,13H,3,5,7-12,14H2,1-2H3,(H2,17,18,19). The van der Waals surface area contributed by atoms with Crippen LogP contribution in [0.2, 0.25) is 0 Å². The van der Waals surface area contributed by atoms with Gasteiger partial charge >= 0.3 is 0 Å². The van der Waals surface area contributed by atoms with Crippen molar-refractivity contribution in [3.05, 3.63) is 22.4 Å². The summed E-state index contributed by atoms with van der Waals surface area (Å²) in [5.41, 5.74) is 0. The number of likely N-dealkylation sites (N-methyl/N-ethyl adjacent to an activating group) is 1. The van der Waals surface area contributed by atoms with Gasteiger partial charge in [-0.25, -0.2) is 4.99 Å². The summed E-state index contributed by atoms with van der Waals surface area (Å²) in [4.78, 5) is 10.9. The molecule has 1 aromatic rings. The van der Waals surface area contributed by atoms with Crippen molar-refractivity contribution in [2.24, 2.45) is 4.99 Å². The molecule has 0 amide bonds. The summed E-state index contributed by atoms with van der Waals surface area (Å²) in [5.74, 6) is 0.919. The van der Waals surface area contributed by atoms with Crippen molar-refractivity contribution in [3.8, 4) is 0 Å². The highest BCUT2D eigenvalue weighted by atomic mass is 32.1. The Morgan fingerprint density at radius 1 is 1.27 bits per heavy atom. The minimum atomic E-state index is 0.751. The van der Waals surface area contributed by atoms with E-state index in [0.29, 0.717) is 0 Å². The van der Waals surface area contributed by atoms with Crippen LogP contribution in [0.5, 0.6) is 0 Å². The van der Waals surface area contributed by atoms with Crippen molar-refractivity contribution in [2.75, 3.05) is 52.9 Å². The lowest BCUT2D eigenvalue weighted by Gasteiger charge is -2.21. The largest absolute Gasteiger partial charge is 0.357 e. The quantitative estimate of drug-likeness (QED) is 0.614. The number of guanidine groups is 1. The zero-order chi connectivity index (χ0) is 15.6. The molecule has 1 aliphatic heterocycles. The highest BCUT2D eigenvalue weighted by Gasteiger charge is 2.11. The van der Waals surface area contributed by atoms with Gasteiger partial charge < -0.3 is 20.4 Å². The third kappa shape index (κ3) is 6.34. The van der Waals surface area contributed by atoms with Crippen LogP contribution in [-0.4, -0.2) is 68.6 Å². The Hall–Kier alpha value is -1.11. The van der Waals surface area contributed by atoms with Crippen LogP contribution in [0.1, 0.15) is 18.2 Å². The molecule has 0 bridgehead atoms. The smallest absolute Gasteiger partial charge is 0.191 e. The molecule has 2 heterocycles. The van der Waals surface area contributed by atoms with Gasteiger partial charge in [-0.1, -0.05) is 6.07 Å². The van der Waals surface area contributed by atoms with Crippen LogP contribution in [0.15, 0.2) is 22.5 Å². The molecule has 1 fully saturated rings. The van der Waals surface area contributed by atoms with Crippen LogP contribution in [0.3, 0.4) is 0 Å². The van der Waals surface area contributed by atoms with E-state index in [2.05, 4.69) is 56.9 Å². The summed E-state index contributed by atoms with van der Waals surface area (Å²) in [6, 6.07) is 4.21. The van der Waals surface area contributed by atoms with Crippen molar-refractivity contribution in [1.82, 2.24) is 20.4 Å².